The average molecular weight is 201 g/mol. The SMILES string of the molecule is COc1ccc(C(=O)C(C#N)=[N+]=[N-])cc1. The maximum Gasteiger partial charge on any atom is 0.438 e. The van der Waals surface area contributed by atoms with Crippen molar-refractivity contribution in [3.8, 4) is 11.8 Å². The Bertz CT molecular complexity index is 464. The molecule has 1 aromatic rings. The molecular formula is C10H7N3O2. The van der Waals surface area contributed by atoms with E-state index in [9.17, 15) is 4.79 Å². The normalized spacial score (nSPS) is 8.53. The quantitative estimate of drug-likeness (QED) is 0.317. The minimum Gasteiger partial charge on any atom is -0.497 e. The molecule has 0 heterocycles. The van der Waals surface area contributed by atoms with Gasteiger partial charge in [0.25, 0.3) is 5.78 Å². The molecule has 0 aliphatic carbocycles. The van der Waals surface area contributed by atoms with Gasteiger partial charge in [0.05, 0.1) is 7.11 Å². The van der Waals surface area contributed by atoms with Gasteiger partial charge >= 0.3 is 5.71 Å². The van der Waals surface area contributed by atoms with E-state index < -0.39 is 11.5 Å². The molecule has 1 aromatic carbocycles. The largest absolute Gasteiger partial charge is 0.497 e. The molecule has 0 saturated carbocycles. The monoisotopic (exact) mass is 201 g/mol. The van der Waals surface area contributed by atoms with E-state index in [2.05, 4.69) is 4.79 Å². The fourth-order valence-corrected chi connectivity index (χ4v) is 0.998. The zero-order valence-electron chi connectivity index (χ0n) is 7.97. The second-order valence-corrected chi connectivity index (χ2v) is 2.62. The van der Waals surface area contributed by atoms with Crippen molar-refractivity contribution in [2.24, 2.45) is 0 Å². The molecule has 5 nitrogen and oxygen atoms in total. The van der Waals surface area contributed by atoms with E-state index in [4.69, 9.17) is 15.5 Å². The van der Waals surface area contributed by atoms with Crippen LogP contribution in [0.1, 0.15) is 10.4 Å². The molecule has 0 radical (unpaired) electrons. The zero-order chi connectivity index (χ0) is 11.3. The minimum absolute atomic E-state index is 0.269. The molecule has 15 heavy (non-hydrogen) atoms. The first-order valence-electron chi connectivity index (χ1n) is 4.04. The lowest BCUT2D eigenvalue weighted by Crippen LogP contribution is -2.12. The maximum atomic E-state index is 11.5. The van der Waals surface area contributed by atoms with Crippen molar-refractivity contribution >= 4 is 11.5 Å². The number of nitriles is 1. The zero-order valence-corrected chi connectivity index (χ0v) is 7.97. The summed E-state index contributed by atoms with van der Waals surface area (Å²) in [5.74, 6) is -0.0198. The van der Waals surface area contributed by atoms with Gasteiger partial charge in [-0.3, -0.25) is 4.79 Å². The van der Waals surface area contributed by atoms with Crippen LogP contribution in [0.25, 0.3) is 5.53 Å². The van der Waals surface area contributed by atoms with Crippen molar-refractivity contribution < 1.29 is 14.3 Å². The third-order valence-corrected chi connectivity index (χ3v) is 1.77. The number of ketones is 1. The number of carbonyl (C=O) groups excluding carboxylic acids is 1. The molecule has 0 bridgehead atoms. The van der Waals surface area contributed by atoms with E-state index in [1.807, 2.05) is 0 Å². The summed E-state index contributed by atoms with van der Waals surface area (Å²) in [5, 5.41) is 8.47. The number of ether oxygens (including phenoxy) is 1. The Labute approximate surface area is 86.1 Å². The summed E-state index contributed by atoms with van der Waals surface area (Å²) in [6.07, 6.45) is 0. The summed E-state index contributed by atoms with van der Waals surface area (Å²) in [7, 11) is 1.51. The highest BCUT2D eigenvalue weighted by Crippen LogP contribution is 2.11. The molecule has 0 unspecified atom stereocenters. The van der Waals surface area contributed by atoms with Gasteiger partial charge < -0.3 is 10.3 Å². The molecule has 0 spiro atoms. The van der Waals surface area contributed by atoms with E-state index in [1.54, 1.807) is 12.1 Å². The summed E-state index contributed by atoms with van der Waals surface area (Å²) in [6.45, 7) is 0. The highest BCUT2D eigenvalue weighted by molar-refractivity contribution is 6.49. The number of Topliss-reactive ketones (excluding diaryl/α,β-unsaturated/α-hetero) is 1. The molecule has 0 atom stereocenters. The summed E-state index contributed by atoms with van der Waals surface area (Å²) in [6, 6.07) is 7.64. The van der Waals surface area contributed by atoms with Gasteiger partial charge in [-0.25, -0.2) is 0 Å². The molecular weight excluding hydrogens is 194 g/mol. The smallest absolute Gasteiger partial charge is 0.438 e. The first kappa shape index (κ1) is 10.6. The molecule has 0 aliphatic heterocycles. The van der Waals surface area contributed by atoms with E-state index in [-0.39, 0.29) is 5.56 Å². The standard InChI is InChI=1S/C10H7N3O2/c1-15-8-4-2-7(3-5-8)10(14)9(6-11)13-12/h2-5H,1H3. The molecule has 0 aromatic heterocycles. The van der Waals surface area contributed by atoms with Crippen LogP contribution in [0.2, 0.25) is 0 Å². The van der Waals surface area contributed by atoms with E-state index in [1.165, 1.54) is 25.3 Å². The lowest BCUT2D eigenvalue weighted by molar-refractivity contribution is -0.00369. The number of rotatable bonds is 3. The van der Waals surface area contributed by atoms with Crippen molar-refractivity contribution in [2.45, 2.75) is 0 Å². The van der Waals surface area contributed by atoms with Gasteiger partial charge in [-0.15, -0.1) is 0 Å². The van der Waals surface area contributed by atoms with Gasteiger partial charge in [-0.05, 0) is 24.3 Å². The van der Waals surface area contributed by atoms with Crippen molar-refractivity contribution in [1.29, 1.82) is 5.26 Å². The van der Waals surface area contributed by atoms with E-state index in [0.29, 0.717) is 5.75 Å². The van der Waals surface area contributed by atoms with Gasteiger partial charge in [0, 0.05) is 5.56 Å². The average Bonchev–Trinajstić information content (AvgIpc) is 2.30. The van der Waals surface area contributed by atoms with Gasteiger partial charge in [0.1, 0.15) is 5.75 Å². The van der Waals surface area contributed by atoms with Crippen LogP contribution >= 0.6 is 0 Å². The third-order valence-electron chi connectivity index (χ3n) is 1.77. The van der Waals surface area contributed by atoms with Crippen LogP contribution in [0.4, 0.5) is 0 Å². The number of nitrogens with zero attached hydrogens (tertiary/aromatic N) is 3. The first-order valence-corrected chi connectivity index (χ1v) is 4.04. The molecule has 1 rings (SSSR count). The second kappa shape index (κ2) is 4.70. The van der Waals surface area contributed by atoms with Crippen LogP contribution in [0, 0.1) is 11.3 Å². The lowest BCUT2D eigenvalue weighted by atomic mass is 10.1. The highest BCUT2D eigenvalue weighted by Gasteiger charge is 2.21. The molecule has 0 amide bonds. The Morgan fingerprint density at radius 1 is 1.47 bits per heavy atom. The Hall–Kier alpha value is -2.44. The van der Waals surface area contributed by atoms with Crippen LogP contribution in [-0.2, 0) is 0 Å². The molecule has 74 valence electrons. The molecule has 0 saturated heterocycles. The predicted molar refractivity (Wildman–Crippen MR) is 51.6 cm³/mol. The van der Waals surface area contributed by atoms with E-state index >= 15 is 0 Å². The van der Waals surface area contributed by atoms with Crippen LogP contribution in [0.3, 0.4) is 0 Å². The van der Waals surface area contributed by atoms with E-state index in [0.717, 1.165) is 0 Å². The Morgan fingerprint density at radius 3 is 2.47 bits per heavy atom. The molecule has 0 N–H and O–H groups in total. The first-order chi connectivity index (χ1) is 7.22. The van der Waals surface area contributed by atoms with Crippen molar-refractivity contribution in [1.82, 2.24) is 0 Å². The van der Waals surface area contributed by atoms with Crippen LogP contribution < -0.4 is 4.74 Å². The van der Waals surface area contributed by atoms with Crippen LogP contribution in [-0.4, -0.2) is 23.4 Å². The second-order valence-electron chi connectivity index (χ2n) is 2.62. The summed E-state index contributed by atoms with van der Waals surface area (Å²) >= 11 is 0. The van der Waals surface area contributed by atoms with Gasteiger partial charge in [-0.2, -0.15) is 10.1 Å². The number of hydrogen-bond donors (Lipinski definition) is 0. The van der Waals surface area contributed by atoms with Crippen LogP contribution in [0.15, 0.2) is 24.3 Å². The predicted octanol–water partition coefficient (Wildman–Crippen LogP) is 1.07. The number of carbonyl (C=O) groups is 1. The van der Waals surface area contributed by atoms with Crippen LogP contribution in [0.5, 0.6) is 5.75 Å². The number of methoxy groups -OCH3 is 1. The van der Waals surface area contributed by atoms with Gasteiger partial charge in [-0.1, -0.05) is 0 Å². The summed E-state index contributed by atoms with van der Waals surface area (Å²) < 4.78 is 4.91. The summed E-state index contributed by atoms with van der Waals surface area (Å²) in [4.78, 5) is 14.1. The Morgan fingerprint density at radius 2 is 2.07 bits per heavy atom. The Balaban J connectivity index is 3.04. The fraction of sp³-hybridized carbons (Fsp3) is 0.100. The maximum absolute atomic E-state index is 11.5. The van der Waals surface area contributed by atoms with Gasteiger partial charge in [0.2, 0.25) is 0 Å². The highest BCUT2D eigenvalue weighted by atomic mass is 16.5. The number of hydrogen-bond acceptors (Lipinski definition) is 3. The lowest BCUT2D eigenvalue weighted by Gasteiger charge is -1.98. The van der Waals surface area contributed by atoms with Gasteiger partial charge in [0.15, 0.2) is 6.07 Å². The third kappa shape index (κ3) is 2.27. The Kier molecular flexibility index (Phi) is 3.33. The molecule has 0 aliphatic rings. The molecule has 0 fully saturated rings. The van der Waals surface area contributed by atoms with Crippen molar-refractivity contribution in [2.75, 3.05) is 7.11 Å². The number of benzene rings is 1. The fourth-order valence-electron chi connectivity index (χ4n) is 0.998. The summed E-state index contributed by atoms with van der Waals surface area (Å²) in [5.41, 5.74) is 8.11. The van der Waals surface area contributed by atoms with Crippen molar-refractivity contribution in [3.05, 3.63) is 35.4 Å². The minimum atomic E-state index is -0.623. The molecule has 5 heteroatoms. The topological polar surface area (TPSA) is 86.5 Å². The van der Waals surface area contributed by atoms with Crippen molar-refractivity contribution in [3.63, 3.8) is 0 Å².